The van der Waals surface area contributed by atoms with E-state index in [1.54, 1.807) is 24.4 Å². The van der Waals surface area contributed by atoms with Crippen LogP contribution in [-0.2, 0) is 6.54 Å². The van der Waals surface area contributed by atoms with Gasteiger partial charge in [0.25, 0.3) is 12.9 Å². The van der Waals surface area contributed by atoms with Crippen molar-refractivity contribution in [1.82, 2.24) is 4.57 Å². The van der Waals surface area contributed by atoms with E-state index in [2.05, 4.69) is 0 Å². The highest BCUT2D eigenvalue weighted by atomic mass is 32.1. The minimum absolute atomic E-state index is 0.240. The third-order valence-corrected chi connectivity index (χ3v) is 5.24. The molecule has 0 aliphatic carbocycles. The van der Waals surface area contributed by atoms with Crippen LogP contribution in [0, 0.1) is 12.3 Å². The molecule has 0 unspecified atom stereocenters. The fourth-order valence-electron chi connectivity index (χ4n) is 3.20. The van der Waals surface area contributed by atoms with E-state index < -0.39 is 24.8 Å². The molecule has 0 saturated heterocycles. The number of benzene rings is 2. The molecular formula is C21H20F4N2S. The average Bonchev–Trinajstić information content (AvgIpc) is 2.99. The highest BCUT2D eigenvalue weighted by molar-refractivity contribution is 7.80. The Hall–Kier alpha value is -2.41. The Labute approximate surface area is 166 Å². The van der Waals surface area contributed by atoms with E-state index in [4.69, 9.17) is 18.0 Å². The number of rotatable bonds is 6. The zero-order valence-corrected chi connectivity index (χ0v) is 16.2. The zero-order valence-electron chi connectivity index (χ0n) is 15.4. The lowest BCUT2D eigenvalue weighted by Crippen LogP contribution is -2.38. The van der Waals surface area contributed by atoms with Crippen molar-refractivity contribution in [2.45, 2.75) is 33.2 Å². The maximum absolute atomic E-state index is 13.4. The van der Waals surface area contributed by atoms with Gasteiger partial charge in [0.2, 0.25) is 0 Å². The van der Waals surface area contributed by atoms with Crippen molar-refractivity contribution < 1.29 is 17.6 Å². The Kier molecular flexibility index (Phi) is 5.48. The van der Waals surface area contributed by atoms with Crippen LogP contribution >= 0.6 is 12.2 Å². The summed E-state index contributed by atoms with van der Waals surface area (Å²) in [5, 5.41) is 0.788. The second kappa shape index (κ2) is 7.54. The monoisotopic (exact) mass is 408 g/mol. The molecule has 2 N–H and O–H groups in total. The predicted octanol–water partition coefficient (Wildman–Crippen LogP) is 5.79. The molecule has 0 atom stereocenters. The van der Waals surface area contributed by atoms with Gasteiger partial charge < -0.3 is 10.3 Å². The van der Waals surface area contributed by atoms with Crippen LogP contribution in [-0.4, -0.2) is 22.4 Å². The van der Waals surface area contributed by atoms with Gasteiger partial charge in [-0.15, -0.1) is 0 Å². The molecule has 28 heavy (non-hydrogen) atoms. The molecule has 0 fully saturated rings. The van der Waals surface area contributed by atoms with Crippen molar-refractivity contribution in [3.8, 4) is 11.1 Å². The van der Waals surface area contributed by atoms with Crippen molar-refractivity contribution in [2.75, 3.05) is 0 Å². The first kappa shape index (κ1) is 20.3. The van der Waals surface area contributed by atoms with Crippen molar-refractivity contribution in [1.29, 1.82) is 0 Å². The Morgan fingerprint density at radius 1 is 1.11 bits per heavy atom. The summed E-state index contributed by atoms with van der Waals surface area (Å²) < 4.78 is 55.3. The Morgan fingerprint density at radius 2 is 1.79 bits per heavy atom. The lowest BCUT2D eigenvalue weighted by Gasteiger charge is -2.28. The van der Waals surface area contributed by atoms with E-state index in [1.807, 2.05) is 31.2 Å². The Balaban J connectivity index is 2.19. The fraction of sp³-hybridized carbons (Fsp3) is 0.286. The molecule has 0 radical (unpaired) electrons. The number of hydrogen-bond donors (Lipinski definition) is 1. The zero-order chi connectivity index (χ0) is 20.6. The van der Waals surface area contributed by atoms with Gasteiger partial charge in [-0.3, -0.25) is 0 Å². The Morgan fingerprint density at radius 3 is 2.39 bits per heavy atom. The van der Waals surface area contributed by atoms with E-state index in [0.29, 0.717) is 11.1 Å². The van der Waals surface area contributed by atoms with Crippen molar-refractivity contribution in [3.05, 3.63) is 59.8 Å². The van der Waals surface area contributed by atoms with Gasteiger partial charge in [0, 0.05) is 34.8 Å². The molecule has 2 aromatic carbocycles. The highest BCUT2D eigenvalue weighted by Crippen LogP contribution is 2.38. The largest absolute Gasteiger partial charge is 0.389 e. The standard InChI is InChI=1S/C21H20F4N2S/c1-12-6-7-15-16(13-4-3-5-14(9-13)18(26)28)10-27(17(15)8-12)11-21(2,19(22)23)20(24)25/h3-10,19-20H,11H2,1-2H3,(H2,26,28). The lowest BCUT2D eigenvalue weighted by atomic mass is 9.91. The SMILES string of the molecule is Cc1ccc2c(-c3cccc(C(N)=S)c3)cn(CC(C)(C(F)F)C(F)F)c2c1. The van der Waals surface area contributed by atoms with Gasteiger partial charge in [0.05, 0.1) is 0 Å². The summed E-state index contributed by atoms with van der Waals surface area (Å²) >= 11 is 5.02. The van der Waals surface area contributed by atoms with Gasteiger partial charge >= 0.3 is 0 Å². The number of aromatic nitrogens is 1. The van der Waals surface area contributed by atoms with Gasteiger partial charge in [-0.1, -0.05) is 42.5 Å². The highest BCUT2D eigenvalue weighted by Gasteiger charge is 2.44. The minimum atomic E-state index is -3.16. The number of hydrogen-bond acceptors (Lipinski definition) is 1. The van der Waals surface area contributed by atoms with Crippen LogP contribution in [0.4, 0.5) is 17.6 Å². The molecule has 7 heteroatoms. The number of nitrogens with two attached hydrogens (primary N) is 1. The second-order valence-corrected chi connectivity index (χ2v) is 7.68. The normalized spacial score (nSPS) is 12.3. The summed E-state index contributed by atoms with van der Waals surface area (Å²) in [4.78, 5) is 0.240. The summed E-state index contributed by atoms with van der Waals surface area (Å²) in [5.41, 5.74) is 7.00. The van der Waals surface area contributed by atoms with E-state index >= 15 is 0 Å². The molecular weight excluding hydrogens is 388 g/mol. The van der Waals surface area contributed by atoms with Crippen LogP contribution < -0.4 is 5.73 Å². The molecule has 0 bridgehead atoms. The number of aryl methyl sites for hydroxylation is 1. The lowest BCUT2D eigenvalue weighted by molar-refractivity contribution is -0.106. The average molecular weight is 408 g/mol. The minimum Gasteiger partial charge on any atom is -0.389 e. The van der Waals surface area contributed by atoms with Crippen LogP contribution in [0.5, 0.6) is 0 Å². The van der Waals surface area contributed by atoms with Gasteiger partial charge in [0.15, 0.2) is 0 Å². The number of thiocarbonyl (C=S) groups is 1. The summed E-state index contributed by atoms with van der Waals surface area (Å²) in [5.74, 6) is 0. The molecule has 1 heterocycles. The van der Waals surface area contributed by atoms with Crippen LogP contribution in [0.1, 0.15) is 18.1 Å². The van der Waals surface area contributed by atoms with Crippen LogP contribution in [0.25, 0.3) is 22.0 Å². The summed E-state index contributed by atoms with van der Waals surface area (Å²) in [6.07, 6.45) is -4.67. The van der Waals surface area contributed by atoms with Gasteiger partial charge in [-0.05, 0) is 37.1 Å². The Bertz CT molecular complexity index is 1020. The predicted molar refractivity (Wildman–Crippen MR) is 108 cm³/mol. The molecule has 3 rings (SSSR count). The molecule has 0 aliphatic rings. The maximum Gasteiger partial charge on any atom is 0.251 e. The summed E-state index contributed by atoms with van der Waals surface area (Å²) in [7, 11) is 0. The smallest absolute Gasteiger partial charge is 0.251 e. The van der Waals surface area contributed by atoms with Crippen molar-refractivity contribution in [3.63, 3.8) is 0 Å². The van der Waals surface area contributed by atoms with E-state index in [1.165, 1.54) is 4.57 Å². The molecule has 148 valence electrons. The number of alkyl halides is 4. The summed E-state index contributed by atoms with van der Waals surface area (Å²) in [6.45, 7) is 2.28. The van der Waals surface area contributed by atoms with Gasteiger partial charge in [-0.25, -0.2) is 17.6 Å². The molecule has 3 aromatic rings. The first-order valence-corrected chi connectivity index (χ1v) is 9.10. The van der Waals surface area contributed by atoms with Gasteiger partial charge in [0.1, 0.15) is 10.4 Å². The van der Waals surface area contributed by atoms with Crippen LogP contribution in [0.3, 0.4) is 0 Å². The van der Waals surface area contributed by atoms with E-state index in [0.717, 1.165) is 29.0 Å². The molecule has 1 aromatic heterocycles. The maximum atomic E-state index is 13.4. The molecule has 0 amide bonds. The fourth-order valence-corrected chi connectivity index (χ4v) is 3.33. The number of fused-ring (bicyclic) bond motifs is 1. The topological polar surface area (TPSA) is 30.9 Å². The molecule has 2 nitrogen and oxygen atoms in total. The van der Waals surface area contributed by atoms with Crippen LogP contribution in [0.15, 0.2) is 48.7 Å². The second-order valence-electron chi connectivity index (χ2n) is 7.24. The summed E-state index contributed by atoms with van der Waals surface area (Å²) in [6, 6.07) is 12.8. The molecule has 0 aliphatic heterocycles. The van der Waals surface area contributed by atoms with Crippen molar-refractivity contribution >= 4 is 28.1 Å². The molecule has 0 saturated carbocycles. The number of halogens is 4. The number of nitrogens with zero attached hydrogens (tertiary/aromatic N) is 1. The first-order chi connectivity index (χ1) is 13.1. The van der Waals surface area contributed by atoms with Gasteiger partial charge in [-0.2, -0.15) is 0 Å². The van der Waals surface area contributed by atoms with Crippen molar-refractivity contribution in [2.24, 2.45) is 11.1 Å². The molecule has 0 spiro atoms. The van der Waals surface area contributed by atoms with Crippen LogP contribution in [0.2, 0.25) is 0 Å². The van der Waals surface area contributed by atoms with E-state index in [-0.39, 0.29) is 4.99 Å². The van der Waals surface area contributed by atoms with E-state index in [9.17, 15) is 17.6 Å². The quantitative estimate of drug-likeness (QED) is 0.414. The first-order valence-electron chi connectivity index (χ1n) is 8.69. The third kappa shape index (κ3) is 3.63. The third-order valence-electron chi connectivity index (χ3n) is 5.00.